The van der Waals surface area contributed by atoms with Crippen LogP contribution in [0.3, 0.4) is 0 Å². The number of aryl methyl sites for hydroxylation is 1. The topological polar surface area (TPSA) is 39.1 Å². The average molecular weight is 273 g/mol. The molecule has 2 aromatic rings. The molecule has 0 saturated heterocycles. The van der Waals surface area contributed by atoms with E-state index < -0.39 is 0 Å². The van der Waals surface area contributed by atoms with Crippen LogP contribution >= 0.6 is 0 Å². The van der Waals surface area contributed by atoms with Crippen molar-refractivity contribution >= 4 is 0 Å². The van der Waals surface area contributed by atoms with Gasteiger partial charge in [-0.1, -0.05) is 26.0 Å². The lowest BCUT2D eigenvalue weighted by atomic mass is 10.0. The second-order valence-electron chi connectivity index (χ2n) is 4.80. The second kappa shape index (κ2) is 7.10. The molecule has 1 N–H and O–H groups in total. The van der Waals surface area contributed by atoms with Gasteiger partial charge < -0.3 is 10.1 Å². The summed E-state index contributed by atoms with van der Waals surface area (Å²) in [5, 5.41) is 7.93. The van der Waals surface area contributed by atoms with Crippen molar-refractivity contribution in [1.29, 1.82) is 0 Å². The highest BCUT2D eigenvalue weighted by molar-refractivity contribution is 5.34. The first kappa shape index (κ1) is 14.6. The third-order valence-electron chi connectivity index (χ3n) is 3.30. The molecule has 0 amide bonds. The molecule has 1 aromatic carbocycles. The summed E-state index contributed by atoms with van der Waals surface area (Å²) in [7, 11) is 1.69. The van der Waals surface area contributed by atoms with Gasteiger partial charge in [-0.25, -0.2) is 0 Å². The number of nitrogens with one attached hydrogen (secondary N) is 1. The van der Waals surface area contributed by atoms with E-state index in [0.29, 0.717) is 0 Å². The maximum absolute atomic E-state index is 5.21. The van der Waals surface area contributed by atoms with Crippen LogP contribution in [0.1, 0.15) is 37.4 Å². The van der Waals surface area contributed by atoms with E-state index in [1.165, 1.54) is 11.1 Å². The van der Waals surface area contributed by atoms with Crippen molar-refractivity contribution in [2.75, 3.05) is 13.7 Å². The van der Waals surface area contributed by atoms with Gasteiger partial charge in [0.2, 0.25) is 0 Å². The molecule has 0 saturated carbocycles. The molecular formula is C16H23N3O. The zero-order valence-electron chi connectivity index (χ0n) is 12.5. The van der Waals surface area contributed by atoms with E-state index in [9.17, 15) is 0 Å². The van der Waals surface area contributed by atoms with E-state index in [4.69, 9.17) is 4.74 Å². The summed E-state index contributed by atoms with van der Waals surface area (Å²) >= 11 is 0. The lowest BCUT2D eigenvalue weighted by Crippen LogP contribution is -2.21. The van der Waals surface area contributed by atoms with Crippen LogP contribution < -0.4 is 10.1 Å². The van der Waals surface area contributed by atoms with Crippen LogP contribution in [0.25, 0.3) is 0 Å². The van der Waals surface area contributed by atoms with Gasteiger partial charge in [0.05, 0.1) is 19.3 Å². The predicted octanol–water partition coefficient (Wildman–Crippen LogP) is 3.00. The van der Waals surface area contributed by atoms with Crippen molar-refractivity contribution in [3.63, 3.8) is 0 Å². The van der Waals surface area contributed by atoms with Gasteiger partial charge in [-0.05, 0) is 30.7 Å². The highest BCUT2D eigenvalue weighted by Gasteiger charge is 2.14. The highest BCUT2D eigenvalue weighted by Crippen LogP contribution is 2.23. The van der Waals surface area contributed by atoms with Crippen LogP contribution in [0.5, 0.6) is 5.75 Å². The minimum absolute atomic E-state index is 0.177. The molecule has 2 rings (SSSR count). The molecule has 0 radical (unpaired) electrons. The van der Waals surface area contributed by atoms with Crippen LogP contribution in [0.15, 0.2) is 36.7 Å². The maximum atomic E-state index is 5.21. The molecule has 0 bridgehead atoms. The number of ether oxygens (including phenoxy) is 1. The molecule has 1 aromatic heterocycles. The first-order valence-electron chi connectivity index (χ1n) is 7.18. The Labute approximate surface area is 120 Å². The van der Waals surface area contributed by atoms with Crippen molar-refractivity contribution in [3.8, 4) is 5.75 Å². The van der Waals surface area contributed by atoms with Crippen LogP contribution in [0.4, 0.5) is 0 Å². The summed E-state index contributed by atoms with van der Waals surface area (Å²) in [6, 6.07) is 8.37. The predicted molar refractivity (Wildman–Crippen MR) is 81.0 cm³/mol. The molecular weight excluding hydrogens is 250 g/mol. The van der Waals surface area contributed by atoms with E-state index in [0.717, 1.165) is 25.3 Å². The molecule has 0 aliphatic heterocycles. The SMILES string of the molecule is CCCn1cc(C(NCC)c2ccc(OC)cc2)cn1. The largest absolute Gasteiger partial charge is 0.497 e. The Morgan fingerprint density at radius 1 is 1.20 bits per heavy atom. The van der Waals surface area contributed by atoms with Crippen LogP contribution in [-0.4, -0.2) is 23.4 Å². The van der Waals surface area contributed by atoms with Crippen LogP contribution in [-0.2, 0) is 6.54 Å². The number of nitrogens with zero attached hydrogens (tertiary/aromatic N) is 2. The molecule has 1 heterocycles. The van der Waals surface area contributed by atoms with E-state index >= 15 is 0 Å². The summed E-state index contributed by atoms with van der Waals surface area (Å²) in [4.78, 5) is 0. The number of methoxy groups -OCH3 is 1. The Balaban J connectivity index is 2.23. The van der Waals surface area contributed by atoms with Gasteiger partial charge >= 0.3 is 0 Å². The standard InChI is InChI=1S/C16H23N3O/c1-4-10-19-12-14(11-18-19)16(17-5-2)13-6-8-15(20-3)9-7-13/h6-9,11-12,16-17H,4-5,10H2,1-3H3. The second-order valence-corrected chi connectivity index (χ2v) is 4.80. The summed E-state index contributed by atoms with van der Waals surface area (Å²) in [5.74, 6) is 0.880. The molecule has 0 aliphatic rings. The van der Waals surface area contributed by atoms with Gasteiger partial charge in [0.25, 0.3) is 0 Å². The Bertz CT molecular complexity index is 519. The van der Waals surface area contributed by atoms with Gasteiger partial charge in [0.15, 0.2) is 0 Å². The zero-order valence-corrected chi connectivity index (χ0v) is 12.5. The first-order chi connectivity index (χ1) is 9.78. The van der Waals surface area contributed by atoms with E-state index in [1.54, 1.807) is 7.11 Å². The monoisotopic (exact) mass is 273 g/mol. The van der Waals surface area contributed by atoms with E-state index in [-0.39, 0.29) is 6.04 Å². The Hall–Kier alpha value is -1.81. The van der Waals surface area contributed by atoms with Gasteiger partial charge in [-0.3, -0.25) is 4.68 Å². The zero-order chi connectivity index (χ0) is 14.4. The molecule has 1 atom stereocenters. The van der Waals surface area contributed by atoms with Crippen molar-refractivity contribution in [3.05, 3.63) is 47.8 Å². The van der Waals surface area contributed by atoms with Gasteiger partial charge in [-0.2, -0.15) is 5.10 Å². The fourth-order valence-electron chi connectivity index (χ4n) is 2.31. The minimum Gasteiger partial charge on any atom is -0.497 e. The minimum atomic E-state index is 0.177. The van der Waals surface area contributed by atoms with Gasteiger partial charge in [0.1, 0.15) is 5.75 Å². The average Bonchev–Trinajstić information content (AvgIpc) is 2.94. The Morgan fingerprint density at radius 2 is 1.95 bits per heavy atom. The number of hydrogen-bond donors (Lipinski definition) is 1. The van der Waals surface area contributed by atoms with Crippen molar-refractivity contribution in [1.82, 2.24) is 15.1 Å². The number of benzene rings is 1. The number of hydrogen-bond acceptors (Lipinski definition) is 3. The fourth-order valence-corrected chi connectivity index (χ4v) is 2.31. The van der Waals surface area contributed by atoms with Crippen molar-refractivity contribution < 1.29 is 4.74 Å². The Kier molecular flexibility index (Phi) is 5.18. The summed E-state index contributed by atoms with van der Waals surface area (Å²) in [6.07, 6.45) is 5.17. The van der Waals surface area contributed by atoms with Crippen LogP contribution in [0.2, 0.25) is 0 Å². The molecule has 4 nitrogen and oxygen atoms in total. The smallest absolute Gasteiger partial charge is 0.118 e. The molecule has 4 heteroatoms. The summed E-state index contributed by atoms with van der Waals surface area (Å²) in [5.41, 5.74) is 2.43. The third-order valence-corrected chi connectivity index (χ3v) is 3.30. The van der Waals surface area contributed by atoms with Gasteiger partial charge in [0, 0.05) is 18.3 Å². The molecule has 0 aliphatic carbocycles. The number of rotatable bonds is 7. The quantitative estimate of drug-likeness (QED) is 0.843. The molecule has 108 valence electrons. The molecule has 20 heavy (non-hydrogen) atoms. The van der Waals surface area contributed by atoms with Gasteiger partial charge in [-0.15, -0.1) is 0 Å². The lowest BCUT2D eigenvalue weighted by molar-refractivity contribution is 0.414. The van der Waals surface area contributed by atoms with Crippen molar-refractivity contribution in [2.24, 2.45) is 0 Å². The molecule has 0 fully saturated rings. The third kappa shape index (κ3) is 3.39. The highest BCUT2D eigenvalue weighted by atomic mass is 16.5. The normalized spacial score (nSPS) is 12.3. The van der Waals surface area contributed by atoms with Crippen LogP contribution in [0, 0.1) is 0 Å². The number of aromatic nitrogens is 2. The molecule has 1 unspecified atom stereocenters. The maximum Gasteiger partial charge on any atom is 0.118 e. The lowest BCUT2D eigenvalue weighted by Gasteiger charge is -2.17. The van der Waals surface area contributed by atoms with E-state index in [2.05, 4.69) is 42.6 Å². The van der Waals surface area contributed by atoms with E-state index in [1.807, 2.05) is 23.0 Å². The summed E-state index contributed by atoms with van der Waals surface area (Å²) < 4.78 is 7.22. The Morgan fingerprint density at radius 3 is 2.55 bits per heavy atom. The fraction of sp³-hybridized carbons (Fsp3) is 0.438. The van der Waals surface area contributed by atoms with Crippen molar-refractivity contribution in [2.45, 2.75) is 32.9 Å². The summed E-state index contributed by atoms with van der Waals surface area (Å²) in [6.45, 7) is 6.15. The molecule has 0 spiro atoms. The first-order valence-corrected chi connectivity index (χ1v) is 7.18.